The SMILES string of the molecule is Cc1cc2c(cc1Nc1ccc3oc4ccccc4c3c1-c1c3c(cc4c1C(C)(C)c1ccccc1-4)-n1c4cc5ccccc5cc4c4cccc(c41)[B]3)C(C)(C)CCC2(C)C. The monoisotopic (exact) mass is 799 g/mol. The van der Waals surface area contributed by atoms with Crippen molar-refractivity contribution < 1.29 is 4.42 Å². The summed E-state index contributed by atoms with van der Waals surface area (Å²) in [5.41, 5.74) is 22.1. The summed E-state index contributed by atoms with van der Waals surface area (Å²) in [7, 11) is 2.49. The lowest BCUT2D eigenvalue weighted by atomic mass is 9.57. The molecule has 8 aromatic carbocycles. The molecular weight excluding hydrogens is 751 g/mol. The average molecular weight is 800 g/mol. The van der Waals surface area contributed by atoms with Crippen molar-refractivity contribution in [2.45, 2.75) is 77.6 Å². The van der Waals surface area contributed by atoms with Gasteiger partial charge in [-0.2, -0.15) is 0 Å². The molecule has 1 aliphatic heterocycles. The molecule has 10 aromatic rings. The molecule has 1 N–H and O–H groups in total. The third kappa shape index (κ3) is 4.73. The molecule has 1 radical (unpaired) electrons. The molecule has 62 heavy (non-hydrogen) atoms. The van der Waals surface area contributed by atoms with Crippen LogP contribution < -0.4 is 16.2 Å². The number of aryl methyl sites for hydroxylation is 1. The van der Waals surface area contributed by atoms with E-state index in [1.54, 1.807) is 0 Å². The molecule has 0 fully saturated rings. The van der Waals surface area contributed by atoms with Crippen molar-refractivity contribution in [1.82, 2.24) is 4.57 Å². The zero-order valence-corrected chi connectivity index (χ0v) is 36.5. The van der Waals surface area contributed by atoms with Gasteiger partial charge in [0.25, 0.3) is 0 Å². The maximum atomic E-state index is 6.79. The average Bonchev–Trinajstić information content (AvgIpc) is 3.88. The molecule has 2 aromatic heterocycles. The second kappa shape index (κ2) is 12.1. The van der Waals surface area contributed by atoms with Gasteiger partial charge in [0.05, 0.1) is 5.52 Å². The van der Waals surface area contributed by atoms with Crippen LogP contribution >= 0.6 is 0 Å². The molecular formula is C58H48BN2O. The molecule has 0 bridgehead atoms. The van der Waals surface area contributed by atoms with E-state index in [4.69, 9.17) is 4.42 Å². The van der Waals surface area contributed by atoms with Crippen LogP contribution in [0.2, 0.25) is 0 Å². The summed E-state index contributed by atoms with van der Waals surface area (Å²) >= 11 is 0. The first-order valence-electron chi connectivity index (χ1n) is 22.4. The number of hydrogen-bond donors (Lipinski definition) is 1. The molecule has 0 saturated heterocycles. The van der Waals surface area contributed by atoms with Crippen LogP contribution in [0, 0.1) is 6.92 Å². The molecule has 0 unspecified atom stereocenters. The number of benzene rings is 8. The Kier molecular flexibility index (Phi) is 7.06. The second-order valence-electron chi connectivity index (χ2n) is 20.3. The smallest absolute Gasteiger partial charge is 0.197 e. The van der Waals surface area contributed by atoms with Crippen LogP contribution in [0.25, 0.3) is 82.5 Å². The summed E-state index contributed by atoms with van der Waals surface area (Å²) < 4.78 is 9.37. The van der Waals surface area contributed by atoms with E-state index in [9.17, 15) is 0 Å². The highest BCUT2D eigenvalue weighted by Crippen LogP contribution is 2.56. The Labute approximate surface area is 363 Å². The van der Waals surface area contributed by atoms with E-state index >= 15 is 0 Å². The van der Waals surface area contributed by atoms with Crippen LogP contribution in [0.3, 0.4) is 0 Å². The Morgan fingerprint density at radius 2 is 1.29 bits per heavy atom. The van der Waals surface area contributed by atoms with Gasteiger partial charge in [-0.25, -0.2) is 0 Å². The van der Waals surface area contributed by atoms with E-state index in [0.29, 0.717) is 0 Å². The number of para-hydroxylation sites is 2. The van der Waals surface area contributed by atoms with E-state index in [1.165, 1.54) is 112 Å². The first-order chi connectivity index (χ1) is 29.9. The summed E-state index contributed by atoms with van der Waals surface area (Å²) in [5.74, 6) is 0. The van der Waals surface area contributed by atoms with Crippen LogP contribution in [0.15, 0.2) is 138 Å². The lowest BCUT2D eigenvalue weighted by molar-refractivity contribution is 0.332. The van der Waals surface area contributed by atoms with Crippen LogP contribution in [-0.4, -0.2) is 11.8 Å². The molecule has 3 aliphatic rings. The van der Waals surface area contributed by atoms with E-state index in [1.807, 2.05) is 0 Å². The van der Waals surface area contributed by atoms with Crippen LogP contribution in [0.5, 0.6) is 0 Å². The first-order valence-corrected chi connectivity index (χ1v) is 22.4. The lowest BCUT2D eigenvalue weighted by Gasteiger charge is -2.42. The normalized spacial score (nSPS) is 16.4. The molecule has 13 rings (SSSR count). The van der Waals surface area contributed by atoms with Gasteiger partial charge in [0, 0.05) is 55.1 Å². The van der Waals surface area contributed by atoms with Gasteiger partial charge in [-0.3, -0.25) is 0 Å². The molecule has 3 heterocycles. The van der Waals surface area contributed by atoms with Gasteiger partial charge < -0.3 is 14.3 Å². The summed E-state index contributed by atoms with van der Waals surface area (Å²) in [6.07, 6.45) is 2.36. The van der Waals surface area contributed by atoms with Crippen molar-refractivity contribution >= 4 is 84.1 Å². The zero-order chi connectivity index (χ0) is 42.0. The quantitative estimate of drug-likeness (QED) is 0.180. The number of fused-ring (bicyclic) bond motifs is 13. The third-order valence-corrected chi connectivity index (χ3v) is 15.3. The Hall–Kier alpha value is -6.52. The van der Waals surface area contributed by atoms with Gasteiger partial charge in [0.2, 0.25) is 0 Å². The zero-order valence-electron chi connectivity index (χ0n) is 36.5. The van der Waals surface area contributed by atoms with Gasteiger partial charge in [-0.1, -0.05) is 138 Å². The Balaban J connectivity index is 1.18. The minimum Gasteiger partial charge on any atom is -0.456 e. The molecule has 0 amide bonds. The Bertz CT molecular complexity index is 3630. The molecule has 3 nitrogen and oxygen atoms in total. The molecule has 4 heteroatoms. The fourth-order valence-electron chi connectivity index (χ4n) is 12.0. The number of rotatable bonds is 3. The van der Waals surface area contributed by atoms with Crippen molar-refractivity contribution in [2.75, 3.05) is 5.32 Å². The third-order valence-electron chi connectivity index (χ3n) is 15.3. The maximum Gasteiger partial charge on any atom is 0.197 e. The van der Waals surface area contributed by atoms with Crippen molar-refractivity contribution in [2.24, 2.45) is 0 Å². The number of aromatic nitrogens is 1. The van der Waals surface area contributed by atoms with Gasteiger partial charge in [-0.05, 0) is 134 Å². The van der Waals surface area contributed by atoms with Crippen molar-refractivity contribution in [3.8, 4) is 27.9 Å². The van der Waals surface area contributed by atoms with Gasteiger partial charge in [0.1, 0.15) is 11.2 Å². The fourth-order valence-corrected chi connectivity index (χ4v) is 12.0. The van der Waals surface area contributed by atoms with E-state index in [2.05, 4.69) is 199 Å². The molecule has 2 aliphatic carbocycles. The van der Waals surface area contributed by atoms with Crippen molar-refractivity contribution in [3.63, 3.8) is 0 Å². The summed E-state index contributed by atoms with van der Waals surface area (Å²) in [4.78, 5) is 0. The topological polar surface area (TPSA) is 30.1 Å². The molecule has 0 atom stereocenters. The standard InChI is InChI=1S/C58H48BN2O/c1-32-27-41-42(57(4,5)26-25-56(41,2)3)31-45(32)60-44-23-24-49-50(37-18-11-13-22-48(37)62-49)51(44)52-53-39(35-17-10-12-20-40(35)58(53,6)7)30-47-54(52)59-43-21-14-19-36-38-28-33-15-8-9-16-34(33)29-46(38)61(47)55(36)43/h8-24,27-31,60H,25-26H2,1-7H3. The van der Waals surface area contributed by atoms with E-state index in [0.717, 1.165) is 33.3 Å². The predicted octanol–water partition coefficient (Wildman–Crippen LogP) is 14.2. The largest absolute Gasteiger partial charge is 0.456 e. The van der Waals surface area contributed by atoms with Crippen molar-refractivity contribution in [3.05, 3.63) is 161 Å². The summed E-state index contributed by atoms with van der Waals surface area (Å²) in [6, 6.07) is 50.1. The molecule has 0 saturated carbocycles. The summed E-state index contributed by atoms with van der Waals surface area (Å²) in [5, 5.41) is 11.5. The van der Waals surface area contributed by atoms with Gasteiger partial charge in [0.15, 0.2) is 7.28 Å². The van der Waals surface area contributed by atoms with E-state index in [-0.39, 0.29) is 16.2 Å². The minimum atomic E-state index is -0.290. The molecule has 299 valence electrons. The predicted molar refractivity (Wildman–Crippen MR) is 263 cm³/mol. The number of furan rings is 1. The van der Waals surface area contributed by atoms with Crippen LogP contribution in [0.1, 0.15) is 82.2 Å². The first kappa shape index (κ1) is 36.2. The number of anilines is 2. The van der Waals surface area contributed by atoms with Gasteiger partial charge in [-0.15, -0.1) is 0 Å². The Morgan fingerprint density at radius 3 is 2.11 bits per heavy atom. The summed E-state index contributed by atoms with van der Waals surface area (Å²) in [6.45, 7) is 16.8. The second-order valence-corrected chi connectivity index (χ2v) is 20.3. The number of nitrogens with one attached hydrogen (secondary N) is 1. The Morgan fingerprint density at radius 1 is 0.581 bits per heavy atom. The van der Waals surface area contributed by atoms with Crippen LogP contribution in [0.4, 0.5) is 11.4 Å². The molecule has 0 spiro atoms. The lowest BCUT2D eigenvalue weighted by Crippen LogP contribution is -2.38. The highest BCUT2D eigenvalue weighted by molar-refractivity contribution is 6.73. The highest BCUT2D eigenvalue weighted by atomic mass is 16.3. The minimum absolute atomic E-state index is 0.0796. The van der Waals surface area contributed by atoms with Crippen LogP contribution in [-0.2, 0) is 16.2 Å². The van der Waals surface area contributed by atoms with Gasteiger partial charge >= 0.3 is 0 Å². The highest BCUT2D eigenvalue weighted by Gasteiger charge is 2.42. The number of nitrogens with zero attached hydrogens (tertiary/aromatic N) is 1. The van der Waals surface area contributed by atoms with Crippen molar-refractivity contribution in [1.29, 1.82) is 0 Å². The maximum absolute atomic E-state index is 6.79. The fraction of sp³-hybridized carbons (Fsp3) is 0.207. The number of hydrogen-bond acceptors (Lipinski definition) is 2. The van der Waals surface area contributed by atoms with E-state index < -0.39 is 0 Å².